The van der Waals surface area contributed by atoms with Crippen molar-refractivity contribution in [2.75, 3.05) is 19.7 Å². The van der Waals surface area contributed by atoms with E-state index in [0.29, 0.717) is 18.1 Å². The van der Waals surface area contributed by atoms with Crippen LogP contribution in [0.15, 0.2) is 34.5 Å². The molecule has 1 aliphatic rings. The van der Waals surface area contributed by atoms with Crippen LogP contribution in [-0.4, -0.2) is 40.5 Å². The van der Waals surface area contributed by atoms with Gasteiger partial charge >= 0.3 is 6.09 Å². The SMILES string of the molecule is CCCN(C(=O)OCC(Cl)(Cl)Cl)C1CN=NC1c1ccc(Cl)cc1. The molecule has 9 heteroatoms. The lowest BCUT2D eigenvalue weighted by Crippen LogP contribution is -2.45. The molecular formula is C15H17Cl4N3O2. The van der Waals surface area contributed by atoms with Gasteiger partial charge in [-0.3, -0.25) is 0 Å². The van der Waals surface area contributed by atoms with E-state index in [2.05, 4.69) is 10.2 Å². The van der Waals surface area contributed by atoms with E-state index in [-0.39, 0.29) is 18.7 Å². The summed E-state index contributed by atoms with van der Waals surface area (Å²) in [5.41, 5.74) is 0.931. The average molecular weight is 413 g/mol. The van der Waals surface area contributed by atoms with Crippen molar-refractivity contribution in [2.24, 2.45) is 10.2 Å². The van der Waals surface area contributed by atoms with Crippen molar-refractivity contribution >= 4 is 52.5 Å². The molecule has 1 aliphatic heterocycles. The molecule has 1 aromatic carbocycles. The van der Waals surface area contributed by atoms with Crippen LogP contribution in [0.1, 0.15) is 24.9 Å². The van der Waals surface area contributed by atoms with Crippen LogP contribution in [0, 0.1) is 0 Å². The quantitative estimate of drug-likeness (QED) is 0.605. The summed E-state index contributed by atoms with van der Waals surface area (Å²) in [6, 6.07) is 6.81. The topological polar surface area (TPSA) is 54.3 Å². The third kappa shape index (κ3) is 5.38. The molecular weight excluding hydrogens is 396 g/mol. The highest BCUT2D eigenvalue weighted by atomic mass is 35.6. The van der Waals surface area contributed by atoms with Gasteiger partial charge in [0.2, 0.25) is 3.79 Å². The van der Waals surface area contributed by atoms with Crippen LogP contribution < -0.4 is 0 Å². The van der Waals surface area contributed by atoms with Crippen LogP contribution >= 0.6 is 46.4 Å². The molecule has 1 aromatic rings. The van der Waals surface area contributed by atoms with Gasteiger partial charge in [-0.25, -0.2) is 4.79 Å². The number of nitrogens with zero attached hydrogens (tertiary/aromatic N) is 3. The van der Waals surface area contributed by atoms with Gasteiger partial charge in [-0.2, -0.15) is 10.2 Å². The van der Waals surface area contributed by atoms with Crippen LogP contribution in [0.5, 0.6) is 0 Å². The lowest BCUT2D eigenvalue weighted by Gasteiger charge is -2.30. The van der Waals surface area contributed by atoms with Gasteiger partial charge in [-0.15, -0.1) is 0 Å². The van der Waals surface area contributed by atoms with Gasteiger partial charge in [0.25, 0.3) is 0 Å². The molecule has 2 unspecified atom stereocenters. The van der Waals surface area contributed by atoms with Gasteiger partial charge in [-0.05, 0) is 24.1 Å². The first-order chi connectivity index (χ1) is 11.3. The Labute approximate surface area is 160 Å². The highest BCUT2D eigenvalue weighted by molar-refractivity contribution is 6.67. The molecule has 0 spiro atoms. The fourth-order valence-electron chi connectivity index (χ4n) is 2.47. The Hall–Kier alpha value is -0.750. The lowest BCUT2D eigenvalue weighted by molar-refractivity contribution is 0.0863. The summed E-state index contributed by atoms with van der Waals surface area (Å²) in [6.45, 7) is 2.55. The molecule has 0 fully saturated rings. The number of halogens is 4. The van der Waals surface area contributed by atoms with E-state index < -0.39 is 9.89 Å². The van der Waals surface area contributed by atoms with E-state index in [1.807, 2.05) is 19.1 Å². The second-order valence-electron chi connectivity index (χ2n) is 5.37. The van der Waals surface area contributed by atoms with Crippen LogP contribution in [0.3, 0.4) is 0 Å². The Bertz CT molecular complexity index is 589. The fraction of sp³-hybridized carbons (Fsp3) is 0.533. The summed E-state index contributed by atoms with van der Waals surface area (Å²) >= 11 is 22.9. The van der Waals surface area contributed by atoms with E-state index in [1.165, 1.54) is 0 Å². The van der Waals surface area contributed by atoms with Crippen molar-refractivity contribution in [3.05, 3.63) is 34.9 Å². The van der Waals surface area contributed by atoms with E-state index in [4.69, 9.17) is 51.1 Å². The molecule has 0 aromatic heterocycles. The summed E-state index contributed by atoms with van der Waals surface area (Å²) in [5, 5.41) is 9.01. The molecule has 0 radical (unpaired) electrons. The van der Waals surface area contributed by atoms with Crippen molar-refractivity contribution in [3.63, 3.8) is 0 Å². The smallest absolute Gasteiger partial charge is 0.410 e. The second kappa shape index (κ2) is 8.56. The highest BCUT2D eigenvalue weighted by Crippen LogP contribution is 2.32. The zero-order valence-electron chi connectivity index (χ0n) is 13.0. The molecule has 1 amide bonds. The largest absolute Gasteiger partial charge is 0.445 e. The first-order valence-corrected chi connectivity index (χ1v) is 8.95. The molecule has 2 atom stereocenters. The minimum atomic E-state index is -1.65. The number of alkyl halides is 3. The van der Waals surface area contributed by atoms with Gasteiger partial charge < -0.3 is 9.64 Å². The minimum absolute atomic E-state index is 0.242. The number of hydrogen-bond acceptors (Lipinski definition) is 4. The van der Waals surface area contributed by atoms with Gasteiger partial charge in [-0.1, -0.05) is 65.5 Å². The van der Waals surface area contributed by atoms with Crippen LogP contribution in [0.4, 0.5) is 4.79 Å². The van der Waals surface area contributed by atoms with Gasteiger partial charge in [0.05, 0.1) is 12.6 Å². The van der Waals surface area contributed by atoms with Crippen molar-refractivity contribution < 1.29 is 9.53 Å². The summed E-state index contributed by atoms with van der Waals surface area (Å²) in [7, 11) is 0. The first kappa shape index (κ1) is 19.6. The lowest BCUT2D eigenvalue weighted by atomic mass is 10.00. The molecule has 0 N–H and O–H groups in total. The molecule has 5 nitrogen and oxygen atoms in total. The van der Waals surface area contributed by atoms with Gasteiger partial charge in [0.15, 0.2) is 0 Å². The predicted molar refractivity (Wildman–Crippen MR) is 96.3 cm³/mol. The van der Waals surface area contributed by atoms with Gasteiger partial charge in [0.1, 0.15) is 12.6 Å². The monoisotopic (exact) mass is 411 g/mol. The van der Waals surface area contributed by atoms with Crippen LogP contribution in [0.2, 0.25) is 5.02 Å². The minimum Gasteiger partial charge on any atom is -0.445 e. The number of ether oxygens (including phenoxy) is 1. The number of azo groups is 1. The number of carbonyl (C=O) groups is 1. The zero-order chi connectivity index (χ0) is 17.7. The third-order valence-corrected chi connectivity index (χ3v) is 4.09. The summed E-state index contributed by atoms with van der Waals surface area (Å²) in [6.07, 6.45) is 0.214. The number of benzene rings is 1. The summed E-state index contributed by atoms with van der Waals surface area (Å²) < 4.78 is 3.48. The van der Waals surface area contributed by atoms with Crippen LogP contribution in [-0.2, 0) is 4.74 Å². The normalized spacial score (nSPS) is 20.2. The Kier molecular flexibility index (Phi) is 6.99. The molecule has 2 rings (SSSR count). The number of hydrogen-bond donors (Lipinski definition) is 0. The maximum absolute atomic E-state index is 12.4. The predicted octanol–water partition coefficient (Wildman–Crippen LogP) is 5.43. The summed E-state index contributed by atoms with van der Waals surface area (Å²) in [4.78, 5) is 14.0. The van der Waals surface area contributed by atoms with E-state index >= 15 is 0 Å². The Morgan fingerprint density at radius 3 is 2.58 bits per heavy atom. The van der Waals surface area contributed by atoms with Crippen molar-refractivity contribution in [1.29, 1.82) is 0 Å². The molecule has 24 heavy (non-hydrogen) atoms. The number of rotatable bonds is 5. The maximum Gasteiger partial charge on any atom is 0.410 e. The highest BCUT2D eigenvalue weighted by Gasteiger charge is 2.36. The second-order valence-corrected chi connectivity index (χ2v) is 8.32. The van der Waals surface area contributed by atoms with Crippen molar-refractivity contribution in [2.45, 2.75) is 29.2 Å². The van der Waals surface area contributed by atoms with E-state index in [9.17, 15) is 4.79 Å². The third-order valence-electron chi connectivity index (χ3n) is 3.51. The molecule has 132 valence electrons. The van der Waals surface area contributed by atoms with Crippen molar-refractivity contribution in [1.82, 2.24) is 4.90 Å². The standard InChI is InChI=1S/C15H17Cl4N3O2/c1-2-7-22(14(23)24-9-15(17,18)19)12-8-20-21-13(12)10-3-5-11(16)6-4-10/h3-6,12-13H,2,7-9H2,1H3. The van der Waals surface area contributed by atoms with E-state index in [1.54, 1.807) is 17.0 Å². The van der Waals surface area contributed by atoms with Crippen molar-refractivity contribution in [3.8, 4) is 0 Å². The number of amides is 1. The Morgan fingerprint density at radius 1 is 1.33 bits per heavy atom. The molecule has 1 heterocycles. The van der Waals surface area contributed by atoms with Gasteiger partial charge in [0, 0.05) is 11.6 Å². The average Bonchev–Trinajstić information content (AvgIpc) is 2.99. The molecule has 0 saturated heterocycles. The van der Waals surface area contributed by atoms with Crippen LogP contribution in [0.25, 0.3) is 0 Å². The summed E-state index contributed by atoms with van der Waals surface area (Å²) in [5.74, 6) is 0. The zero-order valence-corrected chi connectivity index (χ0v) is 16.0. The Balaban J connectivity index is 2.14. The molecule has 0 saturated carbocycles. The Morgan fingerprint density at radius 2 is 2.00 bits per heavy atom. The maximum atomic E-state index is 12.4. The molecule has 0 aliphatic carbocycles. The van der Waals surface area contributed by atoms with E-state index in [0.717, 1.165) is 12.0 Å². The molecule has 0 bridgehead atoms. The first-order valence-electron chi connectivity index (χ1n) is 7.44. The fourth-order valence-corrected chi connectivity index (χ4v) is 2.76. The number of carbonyl (C=O) groups excluding carboxylic acids is 1.